The number of hydrogen-bond acceptors (Lipinski definition) is 4. The number of ether oxygens (including phenoxy) is 1. The van der Waals surface area contributed by atoms with Crippen LogP contribution in [-0.4, -0.2) is 53.2 Å². The molecule has 0 heterocycles. The molecule has 1 aromatic carbocycles. The summed E-state index contributed by atoms with van der Waals surface area (Å²) < 4.78 is 30.3. The summed E-state index contributed by atoms with van der Waals surface area (Å²) in [6.07, 6.45) is 1.92. The first-order valence-electron chi connectivity index (χ1n) is 6.57. The molecule has 0 atom stereocenters. The number of anilines is 1. The van der Waals surface area contributed by atoms with Gasteiger partial charge in [-0.1, -0.05) is 6.07 Å². The summed E-state index contributed by atoms with van der Waals surface area (Å²) in [4.78, 5) is 13.0. The first-order chi connectivity index (χ1) is 9.75. The minimum absolute atomic E-state index is 0.0194. The second-order valence-corrected chi connectivity index (χ2v) is 6.84. The van der Waals surface area contributed by atoms with Crippen molar-refractivity contribution in [3.05, 3.63) is 24.3 Å². The minimum atomic E-state index is -3.41. The first-order valence-corrected chi connectivity index (χ1v) is 8.42. The predicted octanol–water partition coefficient (Wildman–Crippen LogP) is 1.33. The summed E-state index contributed by atoms with van der Waals surface area (Å²) in [7, 11) is 1.48. The van der Waals surface area contributed by atoms with Gasteiger partial charge >= 0.3 is 0 Å². The van der Waals surface area contributed by atoms with Crippen LogP contribution >= 0.6 is 0 Å². The fraction of sp³-hybridized carbons (Fsp3) is 0.500. The topological polar surface area (TPSA) is 66.9 Å². The summed E-state index contributed by atoms with van der Waals surface area (Å²) in [5.41, 5.74) is 0.536. The Morgan fingerprint density at radius 1 is 1.29 bits per heavy atom. The molecule has 0 bridgehead atoms. The van der Waals surface area contributed by atoms with Crippen molar-refractivity contribution in [1.82, 2.24) is 4.90 Å². The van der Waals surface area contributed by atoms with Crippen LogP contribution in [0.25, 0.3) is 0 Å². The maximum atomic E-state index is 11.9. The van der Waals surface area contributed by atoms with Gasteiger partial charge in [-0.05, 0) is 18.6 Å². The number of hydrogen-bond donors (Lipinski definition) is 0. The predicted molar refractivity (Wildman–Crippen MR) is 83.1 cm³/mol. The molecule has 0 N–H and O–H groups in total. The highest BCUT2D eigenvalue weighted by molar-refractivity contribution is 7.92. The van der Waals surface area contributed by atoms with Crippen molar-refractivity contribution in [2.24, 2.45) is 0 Å². The van der Waals surface area contributed by atoms with Gasteiger partial charge in [0.05, 0.1) is 19.1 Å². The second-order valence-electron chi connectivity index (χ2n) is 4.93. The van der Waals surface area contributed by atoms with Crippen molar-refractivity contribution >= 4 is 21.6 Å². The highest BCUT2D eigenvalue weighted by atomic mass is 32.2. The van der Waals surface area contributed by atoms with E-state index >= 15 is 0 Å². The van der Waals surface area contributed by atoms with Crippen LogP contribution < -0.4 is 9.04 Å². The van der Waals surface area contributed by atoms with Gasteiger partial charge in [0.2, 0.25) is 15.9 Å². The fourth-order valence-electron chi connectivity index (χ4n) is 1.85. The Morgan fingerprint density at radius 2 is 1.95 bits per heavy atom. The first kappa shape index (κ1) is 17.3. The fourth-order valence-corrected chi connectivity index (χ4v) is 2.81. The molecule has 0 aliphatic carbocycles. The van der Waals surface area contributed by atoms with E-state index in [2.05, 4.69) is 0 Å². The monoisotopic (exact) mass is 314 g/mol. The number of benzene rings is 1. The van der Waals surface area contributed by atoms with Crippen LogP contribution in [0.3, 0.4) is 0 Å². The zero-order valence-corrected chi connectivity index (χ0v) is 13.7. The van der Waals surface area contributed by atoms with E-state index in [9.17, 15) is 13.2 Å². The van der Waals surface area contributed by atoms with Crippen LogP contribution in [0.15, 0.2) is 24.3 Å². The number of carbonyl (C=O) groups is 1. The number of methoxy groups -OCH3 is 1. The SMILES string of the molecule is COc1cccc(N(CCCC(=O)N(C)C)S(C)(=O)=O)c1. The average molecular weight is 314 g/mol. The summed E-state index contributed by atoms with van der Waals surface area (Å²) in [5, 5.41) is 0. The largest absolute Gasteiger partial charge is 0.497 e. The molecule has 0 aliphatic heterocycles. The van der Waals surface area contributed by atoms with Crippen LogP contribution in [0.2, 0.25) is 0 Å². The molecule has 118 valence electrons. The lowest BCUT2D eigenvalue weighted by Gasteiger charge is -2.23. The van der Waals surface area contributed by atoms with Gasteiger partial charge in [-0.2, -0.15) is 0 Å². The van der Waals surface area contributed by atoms with Crippen molar-refractivity contribution in [2.75, 3.05) is 38.3 Å². The van der Waals surface area contributed by atoms with E-state index in [1.807, 2.05) is 0 Å². The van der Waals surface area contributed by atoms with Crippen LogP contribution in [-0.2, 0) is 14.8 Å². The molecule has 0 aromatic heterocycles. The van der Waals surface area contributed by atoms with E-state index in [0.29, 0.717) is 24.3 Å². The Kier molecular flexibility index (Phi) is 6.02. The molecule has 7 heteroatoms. The summed E-state index contributed by atoms with van der Waals surface area (Å²) in [6.45, 7) is 0.256. The quantitative estimate of drug-likeness (QED) is 0.761. The van der Waals surface area contributed by atoms with E-state index in [4.69, 9.17) is 4.74 Å². The second kappa shape index (κ2) is 7.31. The highest BCUT2D eigenvalue weighted by Crippen LogP contribution is 2.23. The van der Waals surface area contributed by atoms with Gasteiger partial charge in [0.15, 0.2) is 0 Å². The van der Waals surface area contributed by atoms with E-state index in [1.54, 1.807) is 38.4 Å². The van der Waals surface area contributed by atoms with Crippen molar-refractivity contribution in [3.63, 3.8) is 0 Å². The third-order valence-electron chi connectivity index (χ3n) is 2.99. The normalized spacial score (nSPS) is 11.0. The Balaban J connectivity index is 2.85. The molecule has 0 saturated heterocycles. The summed E-state index contributed by atoms with van der Waals surface area (Å²) >= 11 is 0. The summed E-state index contributed by atoms with van der Waals surface area (Å²) in [6, 6.07) is 6.85. The molecule has 0 saturated carbocycles. The molecule has 1 rings (SSSR count). The Labute approximate surface area is 126 Å². The maximum absolute atomic E-state index is 11.9. The Morgan fingerprint density at radius 3 is 2.48 bits per heavy atom. The van der Waals surface area contributed by atoms with Gasteiger partial charge < -0.3 is 9.64 Å². The Hall–Kier alpha value is -1.76. The molecular formula is C14H22N2O4S. The smallest absolute Gasteiger partial charge is 0.232 e. The molecule has 0 aliphatic rings. The average Bonchev–Trinajstić information content (AvgIpc) is 2.41. The van der Waals surface area contributed by atoms with Crippen molar-refractivity contribution in [1.29, 1.82) is 0 Å². The van der Waals surface area contributed by atoms with Crippen LogP contribution in [0.4, 0.5) is 5.69 Å². The molecular weight excluding hydrogens is 292 g/mol. The van der Waals surface area contributed by atoms with E-state index in [-0.39, 0.29) is 12.5 Å². The van der Waals surface area contributed by atoms with Gasteiger partial charge in [0, 0.05) is 33.1 Å². The minimum Gasteiger partial charge on any atom is -0.497 e. The van der Waals surface area contributed by atoms with Crippen molar-refractivity contribution in [2.45, 2.75) is 12.8 Å². The van der Waals surface area contributed by atoms with E-state index < -0.39 is 10.0 Å². The zero-order chi connectivity index (χ0) is 16.0. The van der Waals surface area contributed by atoms with Gasteiger partial charge in [0.25, 0.3) is 0 Å². The van der Waals surface area contributed by atoms with Gasteiger partial charge in [-0.15, -0.1) is 0 Å². The molecule has 0 radical (unpaired) electrons. The van der Waals surface area contributed by atoms with Gasteiger partial charge in [-0.25, -0.2) is 8.42 Å². The van der Waals surface area contributed by atoms with Crippen LogP contribution in [0, 0.1) is 0 Å². The number of amides is 1. The molecule has 0 unspecified atom stereocenters. The molecule has 0 spiro atoms. The maximum Gasteiger partial charge on any atom is 0.232 e. The van der Waals surface area contributed by atoms with Gasteiger partial charge in [-0.3, -0.25) is 9.10 Å². The lowest BCUT2D eigenvalue weighted by atomic mass is 10.2. The van der Waals surface area contributed by atoms with Crippen molar-refractivity contribution in [3.8, 4) is 5.75 Å². The molecule has 6 nitrogen and oxygen atoms in total. The number of sulfonamides is 1. The molecule has 1 aromatic rings. The van der Waals surface area contributed by atoms with Crippen LogP contribution in [0.1, 0.15) is 12.8 Å². The van der Waals surface area contributed by atoms with E-state index in [0.717, 1.165) is 6.26 Å². The molecule has 1 amide bonds. The third kappa shape index (κ3) is 5.26. The highest BCUT2D eigenvalue weighted by Gasteiger charge is 2.18. The molecule has 0 fully saturated rings. The lowest BCUT2D eigenvalue weighted by molar-refractivity contribution is -0.128. The Bertz CT molecular complexity index is 584. The van der Waals surface area contributed by atoms with Gasteiger partial charge in [0.1, 0.15) is 5.75 Å². The lowest BCUT2D eigenvalue weighted by Crippen LogP contribution is -2.32. The molecule has 21 heavy (non-hydrogen) atoms. The number of rotatable bonds is 7. The third-order valence-corrected chi connectivity index (χ3v) is 4.19. The van der Waals surface area contributed by atoms with Crippen LogP contribution in [0.5, 0.6) is 5.75 Å². The van der Waals surface area contributed by atoms with Crippen molar-refractivity contribution < 1.29 is 17.9 Å². The summed E-state index contributed by atoms with van der Waals surface area (Å²) in [5.74, 6) is 0.569. The van der Waals surface area contributed by atoms with E-state index in [1.165, 1.54) is 16.3 Å². The zero-order valence-electron chi connectivity index (χ0n) is 12.9. The number of nitrogens with zero attached hydrogens (tertiary/aromatic N) is 2. The standard InChI is InChI=1S/C14H22N2O4S/c1-15(2)14(17)9-6-10-16(21(4,18)19)12-7-5-8-13(11-12)20-3/h5,7-8,11H,6,9-10H2,1-4H3. The number of carbonyl (C=O) groups excluding carboxylic acids is 1.